The molecule has 0 spiro atoms. The largest absolute Gasteiger partial charge is 0.402 e. The first-order chi connectivity index (χ1) is 9.26. The zero-order valence-electron chi connectivity index (χ0n) is 11.2. The summed E-state index contributed by atoms with van der Waals surface area (Å²) in [5.41, 5.74) is 0. The number of hydrogen-bond acceptors (Lipinski definition) is 4. The molecule has 20 heavy (non-hydrogen) atoms. The van der Waals surface area contributed by atoms with Crippen molar-refractivity contribution in [2.24, 2.45) is 0 Å². The summed E-state index contributed by atoms with van der Waals surface area (Å²) in [5, 5.41) is 2.99. The highest BCUT2D eigenvalue weighted by Crippen LogP contribution is 2.23. The van der Waals surface area contributed by atoms with Gasteiger partial charge in [-0.25, -0.2) is 0 Å². The molecular weight excluding hydrogens is 299 g/mol. The van der Waals surface area contributed by atoms with E-state index in [1.165, 1.54) is 7.11 Å². The van der Waals surface area contributed by atoms with E-state index in [1.807, 2.05) is 0 Å². The summed E-state index contributed by atoms with van der Waals surface area (Å²) >= 11 is 0. The molecule has 0 bridgehead atoms. The van der Waals surface area contributed by atoms with Gasteiger partial charge in [0.15, 0.2) is 0 Å². The molecule has 0 atom stereocenters. The van der Waals surface area contributed by atoms with Crippen LogP contribution in [0.5, 0.6) is 0 Å². The molecule has 0 saturated carbocycles. The summed E-state index contributed by atoms with van der Waals surface area (Å²) in [7, 11) is -2.79. The van der Waals surface area contributed by atoms with Crippen LogP contribution in [-0.4, -0.2) is 64.8 Å². The highest BCUT2D eigenvalue weighted by atomic mass is 32.2. The van der Waals surface area contributed by atoms with Crippen LogP contribution in [0, 0.1) is 0 Å². The van der Waals surface area contributed by atoms with E-state index >= 15 is 0 Å². The fraction of sp³-hybridized carbons (Fsp3) is 1.00. The number of rotatable bonds is 7. The summed E-state index contributed by atoms with van der Waals surface area (Å²) in [4.78, 5) is 0. The molecule has 0 unspecified atom stereocenters. The predicted octanol–water partition coefficient (Wildman–Crippen LogP) is 0.0835. The molecule has 1 heterocycles. The minimum Gasteiger partial charge on any atom is -0.383 e. The smallest absolute Gasteiger partial charge is 0.383 e. The molecule has 0 radical (unpaired) electrons. The Morgan fingerprint density at radius 3 is 2.45 bits per heavy atom. The van der Waals surface area contributed by atoms with E-state index in [-0.39, 0.29) is 13.2 Å². The number of piperidine rings is 1. The molecule has 1 rings (SSSR count). The van der Waals surface area contributed by atoms with E-state index in [2.05, 4.69) is 14.8 Å². The standard InChI is InChI=1S/C10H20F3N3O3S/c1-19-7-6-15-20(17,18)16(8-10(11,12)13)9-2-4-14-5-3-9/h9,14-15H,2-8H2,1H3. The second-order valence-electron chi connectivity index (χ2n) is 4.53. The Bertz CT molecular complexity index is 383. The van der Waals surface area contributed by atoms with Crippen molar-refractivity contribution in [3.05, 3.63) is 0 Å². The molecule has 1 saturated heterocycles. The van der Waals surface area contributed by atoms with Gasteiger partial charge < -0.3 is 10.1 Å². The van der Waals surface area contributed by atoms with Gasteiger partial charge in [-0.2, -0.15) is 30.6 Å². The quantitative estimate of drug-likeness (QED) is 0.652. The monoisotopic (exact) mass is 319 g/mol. The van der Waals surface area contributed by atoms with Crippen molar-refractivity contribution in [1.29, 1.82) is 0 Å². The van der Waals surface area contributed by atoms with Gasteiger partial charge in [0.2, 0.25) is 0 Å². The first kappa shape index (κ1) is 17.6. The molecule has 0 aromatic carbocycles. The fourth-order valence-corrected chi connectivity index (χ4v) is 3.46. The number of halogens is 3. The maximum atomic E-state index is 12.6. The van der Waals surface area contributed by atoms with Gasteiger partial charge in [0.25, 0.3) is 10.2 Å². The van der Waals surface area contributed by atoms with E-state index in [1.54, 1.807) is 0 Å². The maximum Gasteiger partial charge on any atom is 0.402 e. The van der Waals surface area contributed by atoms with Gasteiger partial charge in [-0.3, -0.25) is 0 Å². The highest BCUT2D eigenvalue weighted by Gasteiger charge is 2.40. The molecular formula is C10H20F3N3O3S. The summed E-state index contributed by atoms with van der Waals surface area (Å²) in [6.45, 7) is -0.414. The van der Waals surface area contributed by atoms with Gasteiger partial charge in [-0.15, -0.1) is 0 Å². The number of methoxy groups -OCH3 is 1. The van der Waals surface area contributed by atoms with Crippen LogP contribution >= 0.6 is 0 Å². The van der Waals surface area contributed by atoms with Crippen LogP contribution in [0.2, 0.25) is 0 Å². The highest BCUT2D eigenvalue weighted by molar-refractivity contribution is 7.87. The van der Waals surface area contributed by atoms with Crippen molar-refractivity contribution in [1.82, 2.24) is 14.3 Å². The SMILES string of the molecule is COCCNS(=O)(=O)N(CC(F)(F)F)C1CCNCC1. The van der Waals surface area contributed by atoms with Crippen molar-refractivity contribution < 1.29 is 26.3 Å². The summed E-state index contributed by atoms with van der Waals surface area (Å²) < 4.78 is 69.2. The molecule has 6 nitrogen and oxygen atoms in total. The molecule has 0 aliphatic carbocycles. The second-order valence-corrected chi connectivity index (χ2v) is 6.24. The van der Waals surface area contributed by atoms with Crippen LogP contribution in [-0.2, 0) is 14.9 Å². The maximum absolute atomic E-state index is 12.6. The summed E-state index contributed by atoms with van der Waals surface area (Å²) in [6, 6.07) is -0.641. The summed E-state index contributed by atoms with van der Waals surface area (Å²) in [5.74, 6) is 0. The van der Waals surface area contributed by atoms with Gasteiger partial charge >= 0.3 is 6.18 Å². The van der Waals surface area contributed by atoms with E-state index in [4.69, 9.17) is 0 Å². The second kappa shape index (κ2) is 7.55. The van der Waals surface area contributed by atoms with Gasteiger partial charge in [0, 0.05) is 19.7 Å². The van der Waals surface area contributed by atoms with Gasteiger partial charge in [0.05, 0.1) is 6.61 Å². The van der Waals surface area contributed by atoms with E-state index in [9.17, 15) is 21.6 Å². The first-order valence-corrected chi connectivity index (χ1v) is 7.73. The Morgan fingerprint density at radius 1 is 1.35 bits per heavy atom. The Balaban J connectivity index is 2.79. The van der Waals surface area contributed by atoms with E-state index in [0.717, 1.165) is 0 Å². The summed E-state index contributed by atoms with van der Waals surface area (Å²) in [6.07, 6.45) is -3.84. The van der Waals surface area contributed by atoms with Crippen LogP contribution in [0.25, 0.3) is 0 Å². The predicted molar refractivity (Wildman–Crippen MR) is 67.5 cm³/mol. The topological polar surface area (TPSA) is 70.7 Å². The fourth-order valence-electron chi connectivity index (χ4n) is 2.04. The van der Waals surface area contributed by atoms with Gasteiger partial charge in [-0.1, -0.05) is 0 Å². The van der Waals surface area contributed by atoms with E-state index in [0.29, 0.717) is 30.2 Å². The van der Waals surface area contributed by atoms with Crippen molar-refractivity contribution in [2.45, 2.75) is 25.1 Å². The Labute approximate surface area is 116 Å². The van der Waals surface area contributed by atoms with Crippen LogP contribution < -0.4 is 10.0 Å². The minimum absolute atomic E-state index is 0.0574. The average molecular weight is 319 g/mol. The lowest BCUT2D eigenvalue weighted by Gasteiger charge is -2.34. The minimum atomic E-state index is -4.57. The molecule has 10 heteroatoms. The zero-order valence-corrected chi connectivity index (χ0v) is 12.1. The van der Waals surface area contributed by atoms with Gasteiger partial charge in [0.1, 0.15) is 6.54 Å². The molecule has 0 amide bonds. The van der Waals surface area contributed by atoms with Crippen LogP contribution in [0.4, 0.5) is 13.2 Å². The average Bonchev–Trinajstić information content (AvgIpc) is 2.36. The number of hydrogen-bond donors (Lipinski definition) is 2. The molecule has 0 aromatic heterocycles. The molecule has 1 aliphatic rings. The van der Waals surface area contributed by atoms with Crippen molar-refractivity contribution in [3.63, 3.8) is 0 Å². The van der Waals surface area contributed by atoms with Crippen LogP contribution in [0.3, 0.4) is 0 Å². The third-order valence-electron chi connectivity index (χ3n) is 2.95. The molecule has 0 aromatic rings. The Morgan fingerprint density at radius 2 is 1.95 bits per heavy atom. The number of ether oxygens (including phenoxy) is 1. The molecule has 120 valence electrons. The van der Waals surface area contributed by atoms with Crippen molar-refractivity contribution in [3.8, 4) is 0 Å². The number of nitrogens with one attached hydrogen (secondary N) is 2. The Kier molecular flexibility index (Phi) is 6.65. The van der Waals surface area contributed by atoms with Crippen LogP contribution in [0.15, 0.2) is 0 Å². The zero-order chi connectivity index (χ0) is 15.2. The number of nitrogens with zero attached hydrogens (tertiary/aromatic N) is 1. The molecule has 2 N–H and O–H groups in total. The van der Waals surface area contributed by atoms with Gasteiger partial charge in [-0.05, 0) is 25.9 Å². The third kappa shape index (κ3) is 5.92. The van der Waals surface area contributed by atoms with Crippen molar-refractivity contribution in [2.75, 3.05) is 39.9 Å². The molecule has 1 aliphatic heterocycles. The van der Waals surface area contributed by atoms with Crippen molar-refractivity contribution >= 4 is 10.2 Å². The number of alkyl halides is 3. The lowest BCUT2D eigenvalue weighted by molar-refractivity contribution is -0.140. The Hall–Kier alpha value is -0.420. The van der Waals surface area contributed by atoms with E-state index < -0.39 is 29.0 Å². The normalized spacial score (nSPS) is 18.6. The first-order valence-electron chi connectivity index (χ1n) is 6.29. The third-order valence-corrected chi connectivity index (χ3v) is 4.56. The molecule has 1 fully saturated rings. The van der Waals surface area contributed by atoms with Crippen LogP contribution in [0.1, 0.15) is 12.8 Å². The lowest BCUT2D eigenvalue weighted by atomic mass is 10.1. The lowest BCUT2D eigenvalue weighted by Crippen LogP contribution is -2.53.